The number of amides is 1. The first-order valence-electron chi connectivity index (χ1n) is 10.9. The van der Waals surface area contributed by atoms with Crippen LogP contribution in [0.2, 0.25) is 0 Å². The van der Waals surface area contributed by atoms with Gasteiger partial charge in [-0.3, -0.25) is 9.59 Å². The number of carbonyl (C=O) groups is 2. The molecular formula is C25H27N3O3. The van der Waals surface area contributed by atoms with E-state index in [9.17, 15) is 9.59 Å². The number of nitrogens with one attached hydrogen (secondary N) is 1. The average molecular weight is 418 g/mol. The van der Waals surface area contributed by atoms with Gasteiger partial charge in [0.1, 0.15) is 12.4 Å². The van der Waals surface area contributed by atoms with Crippen molar-refractivity contribution in [1.29, 1.82) is 0 Å². The van der Waals surface area contributed by atoms with Gasteiger partial charge < -0.3 is 19.5 Å². The van der Waals surface area contributed by atoms with E-state index in [1.807, 2.05) is 60.1 Å². The molecule has 1 atom stereocenters. The fourth-order valence-electron chi connectivity index (χ4n) is 4.87. The highest BCUT2D eigenvalue weighted by Gasteiger charge is 2.36. The number of hydrogen-bond acceptors (Lipinski definition) is 4. The molecule has 0 spiro atoms. The molecule has 0 aliphatic carbocycles. The van der Waals surface area contributed by atoms with Crippen molar-refractivity contribution < 1.29 is 14.3 Å². The monoisotopic (exact) mass is 417 g/mol. The Morgan fingerprint density at radius 3 is 2.58 bits per heavy atom. The largest absolute Gasteiger partial charge is 0.489 e. The number of aromatic nitrogens is 1. The molecule has 3 saturated heterocycles. The first-order chi connectivity index (χ1) is 15.1. The molecule has 6 rings (SSSR count). The molecule has 31 heavy (non-hydrogen) atoms. The molecule has 3 aliphatic heterocycles. The van der Waals surface area contributed by atoms with Crippen molar-refractivity contribution in [3.05, 3.63) is 65.9 Å². The Morgan fingerprint density at radius 1 is 1.10 bits per heavy atom. The van der Waals surface area contributed by atoms with Crippen LogP contribution in [0.15, 0.2) is 54.7 Å². The zero-order valence-corrected chi connectivity index (χ0v) is 17.7. The number of ether oxygens (including phenoxy) is 1. The molecular weight excluding hydrogens is 390 g/mol. The standard InChI is InChI=1S/C25H27N3O3/c1-27-14-21(24(29)25(30)26-22-15-28-11-9-18(22)10-12-28)20-13-19(7-8-23(20)27)31-16-17-5-3-2-4-6-17/h2-8,13-14,18,22H,9-12,15-16H2,1H3,(H,26,30). The summed E-state index contributed by atoms with van der Waals surface area (Å²) in [6.45, 7) is 3.49. The minimum Gasteiger partial charge on any atom is -0.489 e. The fraction of sp³-hybridized carbons (Fsp3) is 0.360. The van der Waals surface area contributed by atoms with E-state index < -0.39 is 11.7 Å². The summed E-state index contributed by atoms with van der Waals surface area (Å²) in [7, 11) is 1.88. The van der Waals surface area contributed by atoms with E-state index in [1.54, 1.807) is 6.20 Å². The summed E-state index contributed by atoms with van der Waals surface area (Å²) in [6, 6.07) is 15.7. The predicted octanol–water partition coefficient (Wildman–Crippen LogP) is 3.15. The number of carbonyl (C=O) groups excluding carboxylic acids is 2. The third-order valence-corrected chi connectivity index (χ3v) is 6.63. The Hall–Kier alpha value is -3.12. The van der Waals surface area contributed by atoms with Crippen LogP contribution in [0.1, 0.15) is 28.8 Å². The number of nitrogens with zero attached hydrogens (tertiary/aromatic N) is 2. The van der Waals surface area contributed by atoms with Crippen LogP contribution < -0.4 is 10.1 Å². The first-order valence-corrected chi connectivity index (χ1v) is 10.9. The zero-order chi connectivity index (χ0) is 21.4. The Kier molecular flexibility index (Phi) is 5.24. The molecule has 6 heteroatoms. The van der Waals surface area contributed by atoms with Crippen molar-refractivity contribution in [3.63, 3.8) is 0 Å². The summed E-state index contributed by atoms with van der Waals surface area (Å²) in [6.07, 6.45) is 3.93. The molecule has 4 heterocycles. The second-order valence-electron chi connectivity index (χ2n) is 8.65. The van der Waals surface area contributed by atoms with Crippen LogP contribution in [0, 0.1) is 5.92 Å². The summed E-state index contributed by atoms with van der Waals surface area (Å²) in [5, 5.41) is 3.75. The van der Waals surface area contributed by atoms with Gasteiger partial charge in [-0.2, -0.15) is 0 Å². The van der Waals surface area contributed by atoms with Gasteiger partial charge in [0, 0.05) is 36.7 Å². The van der Waals surface area contributed by atoms with Crippen molar-refractivity contribution in [2.75, 3.05) is 19.6 Å². The van der Waals surface area contributed by atoms with Crippen LogP contribution in [0.25, 0.3) is 10.9 Å². The molecule has 0 radical (unpaired) electrons. The number of Topliss-reactive ketones (excluding diaryl/α,β-unsaturated/α-hetero) is 1. The smallest absolute Gasteiger partial charge is 0.292 e. The van der Waals surface area contributed by atoms with E-state index in [1.165, 1.54) is 0 Å². The average Bonchev–Trinajstić information content (AvgIpc) is 3.14. The van der Waals surface area contributed by atoms with Crippen LogP contribution in [0.5, 0.6) is 5.75 Å². The SMILES string of the molecule is Cn1cc(C(=O)C(=O)NC2CN3CCC2CC3)c2cc(OCc3ccccc3)ccc21. The molecule has 3 aromatic rings. The quantitative estimate of drug-likeness (QED) is 0.494. The summed E-state index contributed by atoms with van der Waals surface area (Å²) >= 11 is 0. The lowest BCUT2D eigenvalue weighted by Crippen LogP contribution is -2.58. The predicted molar refractivity (Wildman–Crippen MR) is 119 cm³/mol. The number of hydrogen-bond donors (Lipinski definition) is 1. The Balaban J connectivity index is 1.34. The normalized spacial score (nSPS) is 22.4. The minimum atomic E-state index is -0.512. The van der Waals surface area contributed by atoms with Crippen molar-refractivity contribution >= 4 is 22.6 Å². The lowest BCUT2D eigenvalue weighted by Gasteiger charge is -2.44. The van der Waals surface area contributed by atoms with E-state index in [-0.39, 0.29) is 6.04 Å². The van der Waals surface area contributed by atoms with E-state index in [0.717, 1.165) is 48.9 Å². The van der Waals surface area contributed by atoms with E-state index in [4.69, 9.17) is 4.74 Å². The lowest BCUT2D eigenvalue weighted by molar-refractivity contribution is -0.119. The van der Waals surface area contributed by atoms with Gasteiger partial charge in [-0.25, -0.2) is 0 Å². The summed E-state index contributed by atoms with van der Waals surface area (Å²) in [4.78, 5) is 28.2. The van der Waals surface area contributed by atoms with Gasteiger partial charge >= 0.3 is 0 Å². The van der Waals surface area contributed by atoms with Crippen molar-refractivity contribution in [2.45, 2.75) is 25.5 Å². The van der Waals surface area contributed by atoms with Crippen LogP contribution in [0.3, 0.4) is 0 Å². The van der Waals surface area contributed by atoms with Crippen LogP contribution in [-0.2, 0) is 18.4 Å². The molecule has 1 unspecified atom stereocenters. The maximum atomic E-state index is 13.1. The number of benzene rings is 2. The van der Waals surface area contributed by atoms with Crippen molar-refractivity contribution in [1.82, 2.24) is 14.8 Å². The molecule has 1 N–H and O–H groups in total. The van der Waals surface area contributed by atoms with Crippen LogP contribution >= 0.6 is 0 Å². The highest BCUT2D eigenvalue weighted by molar-refractivity contribution is 6.45. The molecule has 1 aromatic heterocycles. The number of rotatable bonds is 6. The second-order valence-corrected chi connectivity index (χ2v) is 8.65. The van der Waals surface area contributed by atoms with Crippen LogP contribution in [-0.4, -0.2) is 46.8 Å². The molecule has 0 saturated carbocycles. The number of aryl methyl sites for hydroxylation is 1. The summed E-state index contributed by atoms with van der Waals surface area (Å²) < 4.78 is 7.81. The third-order valence-electron chi connectivity index (χ3n) is 6.63. The molecule has 2 bridgehead atoms. The van der Waals surface area contributed by atoms with Gasteiger partial charge in [-0.05, 0) is 55.6 Å². The van der Waals surface area contributed by atoms with Gasteiger partial charge in [0.2, 0.25) is 0 Å². The number of ketones is 1. The Morgan fingerprint density at radius 2 is 1.87 bits per heavy atom. The molecule has 160 valence electrons. The van der Waals surface area contributed by atoms with E-state index >= 15 is 0 Å². The fourth-order valence-corrected chi connectivity index (χ4v) is 4.87. The highest BCUT2D eigenvalue weighted by atomic mass is 16.5. The highest BCUT2D eigenvalue weighted by Crippen LogP contribution is 2.29. The zero-order valence-electron chi connectivity index (χ0n) is 17.7. The van der Waals surface area contributed by atoms with Gasteiger partial charge in [-0.1, -0.05) is 30.3 Å². The maximum Gasteiger partial charge on any atom is 0.292 e. The van der Waals surface area contributed by atoms with Crippen molar-refractivity contribution in [3.8, 4) is 5.75 Å². The molecule has 3 aliphatic rings. The van der Waals surface area contributed by atoms with Gasteiger partial charge in [-0.15, -0.1) is 0 Å². The lowest BCUT2D eigenvalue weighted by atomic mass is 9.84. The molecule has 2 aromatic carbocycles. The van der Waals surface area contributed by atoms with Crippen LogP contribution in [0.4, 0.5) is 0 Å². The van der Waals surface area contributed by atoms with Crippen molar-refractivity contribution in [2.24, 2.45) is 13.0 Å². The summed E-state index contributed by atoms with van der Waals surface area (Å²) in [5.41, 5.74) is 2.39. The molecule has 6 nitrogen and oxygen atoms in total. The Bertz CT molecular complexity index is 1110. The molecule has 1 amide bonds. The number of piperidine rings is 3. The summed E-state index contributed by atoms with van der Waals surface area (Å²) in [5.74, 6) is 0.158. The van der Waals surface area contributed by atoms with E-state index in [2.05, 4.69) is 10.2 Å². The first kappa shape index (κ1) is 19.8. The van der Waals surface area contributed by atoms with E-state index in [0.29, 0.717) is 23.8 Å². The maximum absolute atomic E-state index is 13.1. The van der Waals surface area contributed by atoms with Gasteiger partial charge in [0.05, 0.1) is 5.56 Å². The van der Waals surface area contributed by atoms with Gasteiger partial charge in [0.25, 0.3) is 11.7 Å². The van der Waals surface area contributed by atoms with Gasteiger partial charge in [0.15, 0.2) is 0 Å². The Labute approximate surface area is 181 Å². The second kappa shape index (κ2) is 8.19. The molecule has 3 fully saturated rings. The minimum absolute atomic E-state index is 0.0682. The topological polar surface area (TPSA) is 63.6 Å². The number of fused-ring (bicyclic) bond motifs is 4. The third kappa shape index (κ3) is 3.95.